The summed E-state index contributed by atoms with van der Waals surface area (Å²) in [4.78, 5) is 0. The Hall–Kier alpha value is -0.860. The molecule has 1 heterocycles. The van der Waals surface area contributed by atoms with E-state index in [0.717, 1.165) is 25.3 Å². The molecule has 0 unspecified atom stereocenters. The zero-order chi connectivity index (χ0) is 10.5. The van der Waals surface area contributed by atoms with E-state index in [0.29, 0.717) is 0 Å². The smallest absolute Gasteiger partial charge is 0.133 e. The predicted molar refractivity (Wildman–Crippen MR) is 60.6 cm³/mol. The van der Waals surface area contributed by atoms with Gasteiger partial charge in [-0.15, -0.1) is 10.2 Å². The summed E-state index contributed by atoms with van der Waals surface area (Å²) in [5.74, 6) is 2.06. The molecule has 3 nitrogen and oxygen atoms in total. The van der Waals surface area contributed by atoms with Crippen LogP contribution in [-0.2, 0) is 13.0 Å². The van der Waals surface area contributed by atoms with Gasteiger partial charge in [0.25, 0.3) is 0 Å². The quantitative estimate of drug-likeness (QED) is 0.760. The van der Waals surface area contributed by atoms with Crippen molar-refractivity contribution in [3.63, 3.8) is 0 Å². The van der Waals surface area contributed by atoms with Gasteiger partial charge in [-0.3, -0.25) is 0 Å². The van der Waals surface area contributed by atoms with Crippen molar-refractivity contribution >= 4 is 0 Å². The molecular formula is C12H21N3. The molecule has 0 aromatic carbocycles. The van der Waals surface area contributed by atoms with Gasteiger partial charge in [-0.1, -0.05) is 39.0 Å². The molecule has 1 aromatic heterocycles. The van der Waals surface area contributed by atoms with Crippen LogP contribution in [0.1, 0.15) is 51.3 Å². The van der Waals surface area contributed by atoms with Crippen molar-refractivity contribution in [2.75, 3.05) is 0 Å². The highest BCUT2D eigenvalue weighted by atomic mass is 15.3. The molecule has 15 heavy (non-hydrogen) atoms. The highest BCUT2D eigenvalue weighted by molar-refractivity contribution is 4.89. The molecule has 1 fully saturated rings. The Kier molecular flexibility index (Phi) is 3.75. The first-order chi connectivity index (χ1) is 7.40. The van der Waals surface area contributed by atoms with Crippen molar-refractivity contribution in [2.24, 2.45) is 5.92 Å². The number of nitrogens with zero attached hydrogens (tertiary/aromatic N) is 3. The SMILES string of the molecule is CCCn1cnnc1CC1CCCCC1. The number of hydrogen-bond acceptors (Lipinski definition) is 2. The predicted octanol–water partition coefficient (Wildman–Crippen LogP) is 2.81. The van der Waals surface area contributed by atoms with Crippen LogP contribution in [0.15, 0.2) is 6.33 Å². The molecule has 0 spiro atoms. The van der Waals surface area contributed by atoms with E-state index in [1.165, 1.54) is 37.9 Å². The molecule has 0 radical (unpaired) electrons. The maximum absolute atomic E-state index is 4.24. The van der Waals surface area contributed by atoms with E-state index < -0.39 is 0 Å². The maximum atomic E-state index is 4.24. The third kappa shape index (κ3) is 2.80. The Morgan fingerprint density at radius 1 is 1.33 bits per heavy atom. The van der Waals surface area contributed by atoms with Gasteiger partial charge in [0.2, 0.25) is 0 Å². The molecule has 3 heteroatoms. The van der Waals surface area contributed by atoms with Crippen LogP contribution in [0.4, 0.5) is 0 Å². The molecule has 1 saturated carbocycles. The minimum Gasteiger partial charge on any atom is -0.318 e. The fourth-order valence-electron chi connectivity index (χ4n) is 2.51. The summed E-state index contributed by atoms with van der Waals surface area (Å²) in [6, 6.07) is 0. The molecule has 0 saturated heterocycles. The van der Waals surface area contributed by atoms with Crippen LogP contribution in [0.5, 0.6) is 0 Å². The normalized spacial score (nSPS) is 18.2. The standard InChI is InChI=1S/C12H21N3/c1-2-8-15-10-13-14-12(15)9-11-6-4-3-5-7-11/h10-11H,2-9H2,1H3. The summed E-state index contributed by atoms with van der Waals surface area (Å²) in [7, 11) is 0. The Bertz CT molecular complexity index is 287. The van der Waals surface area contributed by atoms with Crippen LogP contribution in [-0.4, -0.2) is 14.8 Å². The molecule has 0 bridgehead atoms. The van der Waals surface area contributed by atoms with Gasteiger partial charge >= 0.3 is 0 Å². The average Bonchev–Trinajstić information content (AvgIpc) is 2.68. The van der Waals surface area contributed by atoms with Crippen molar-refractivity contribution in [1.29, 1.82) is 0 Å². The van der Waals surface area contributed by atoms with Gasteiger partial charge in [-0.2, -0.15) is 0 Å². The molecule has 2 rings (SSSR count). The average molecular weight is 207 g/mol. The van der Waals surface area contributed by atoms with Gasteiger partial charge in [-0.05, 0) is 12.3 Å². The zero-order valence-electron chi connectivity index (χ0n) is 9.65. The lowest BCUT2D eigenvalue weighted by atomic mass is 9.87. The summed E-state index contributed by atoms with van der Waals surface area (Å²) in [6.07, 6.45) is 11.2. The highest BCUT2D eigenvalue weighted by Crippen LogP contribution is 2.26. The number of aromatic nitrogens is 3. The van der Waals surface area contributed by atoms with Crippen LogP contribution < -0.4 is 0 Å². The maximum Gasteiger partial charge on any atom is 0.133 e. The summed E-state index contributed by atoms with van der Waals surface area (Å²) < 4.78 is 2.22. The summed E-state index contributed by atoms with van der Waals surface area (Å²) in [5.41, 5.74) is 0. The van der Waals surface area contributed by atoms with Crippen LogP contribution in [0, 0.1) is 5.92 Å². The van der Waals surface area contributed by atoms with E-state index >= 15 is 0 Å². The van der Waals surface area contributed by atoms with Gasteiger partial charge in [0, 0.05) is 13.0 Å². The minimum atomic E-state index is 0.860. The minimum absolute atomic E-state index is 0.860. The van der Waals surface area contributed by atoms with E-state index in [-0.39, 0.29) is 0 Å². The van der Waals surface area contributed by atoms with E-state index in [9.17, 15) is 0 Å². The second-order valence-corrected chi connectivity index (χ2v) is 4.65. The third-order valence-corrected chi connectivity index (χ3v) is 3.36. The van der Waals surface area contributed by atoms with Gasteiger partial charge in [0.15, 0.2) is 0 Å². The van der Waals surface area contributed by atoms with Gasteiger partial charge < -0.3 is 4.57 Å². The Labute approximate surface area is 91.9 Å². The first-order valence-electron chi connectivity index (χ1n) is 6.27. The first kappa shape index (κ1) is 10.7. The molecule has 84 valence electrons. The van der Waals surface area contributed by atoms with Gasteiger partial charge in [-0.25, -0.2) is 0 Å². The Balaban J connectivity index is 1.93. The fourth-order valence-corrected chi connectivity index (χ4v) is 2.51. The van der Waals surface area contributed by atoms with Crippen molar-refractivity contribution < 1.29 is 0 Å². The lowest BCUT2D eigenvalue weighted by Gasteiger charge is -2.21. The number of aryl methyl sites for hydroxylation is 1. The highest BCUT2D eigenvalue weighted by Gasteiger charge is 2.16. The van der Waals surface area contributed by atoms with Crippen LogP contribution in [0.2, 0.25) is 0 Å². The number of rotatable bonds is 4. The zero-order valence-corrected chi connectivity index (χ0v) is 9.65. The summed E-state index contributed by atoms with van der Waals surface area (Å²) in [5, 5.41) is 8.26. The van der Waals surface area contributed by atoms with E-state index in [4.69, 9.17) is 0 Å². The summed E-state index contributed by atoms with van der Waals surface area (Å²) in [6.45, 7) is 3.26. The lowest BCUT2D eigenvalue weighted by Crippen LogP contribution is -2.13. The largest absolute Gasteiger partial charge is 0.318 e. The first-order valence-corrected chi connectivity index (χ1v) is 6.27. The molecule has 1 aliphatic carbocycles. The van der Waals surface area contributed by atoms with E-state index in [1.807, 2.05) is 6.33 Å². The van der Waals surface area contributed by atoms with Gasteiger partial charge in [0.1, 0.15) is 12.2 Å². The van der Waals surface area contributed by atoms with E-state index in [1.54, 1.807) is 0 Å². The Morgan fingerprint density at radius 3 is 2.87 bits per heavy atom. The number of hydrogen-bond donors (Lipinski definition) is 0. The monoisotopic (exact) mass is 207 g/mol. The van der Waals surface area contributed by atoms with Crippen molar-refractivity contribution in [2.45, 2.75) is 58.4 Å². The van der Waals surface area contributed by atoms with Crippen LogP contribution >= 0.6 is 0 Å². The molecule has 1 aromatic rings. The Morgan fingerprint density at radius 2 is 2.13 bits per heavy atom. The van der Waals surface area contributed by atoms with Crippen LogP contribution in [0.25, 0.3) is 0 Å². The van der Waals surface area contributed by atoms with Crippen molar-refractivity contribution in [3.8, 4) is 0 Å². The molecular weight excluding hydrogens is 186 g/mol. The van der Waals surface area contributed by atoms with Gasteiger partial charge in [0.05, 0.1) is 0 Å². The molecule has 0 amide bonds. The molecule has 0 aliphatic heterocycles. The fraction of sp³-hybridized carbons (Fsp3) is 0.833. The molecule has 0 N–H and O–H groups in total. The van der Waals surface area contributed by atoms with Crippen molar-refractivity contribution in [3.05, 3.63) is 12.2 Å². The molecule has 0 atom stereocenters. The third-order valence-electron chi connectivity index (χ3n) is 3.36. The second-order valence-electron chi connectivity index (χ2n) is 4.65. The van der Waals surface area contributed by atoms with Crippen molar-refractivity contribution in [1.82, 2.24) is 14.8 Å². The summed E-state index contributed by atoms with van der Waals surface area (Å²) >= 11 is 0. The molecule has 1 aliphatic rings. The van der Waals surface area contributed by atoms with E-state index in [2.05, 4.69) is 21.7 Å². The second kappa shape index (κ2) is 5.29. The lowest BCUT2D eigenvalue weighted by molar-refractivity contribution is 0.347. The topological polar surface area (TPSA) is 30.7 Å². The van der Waals surface area contributed by atoms with Crippen LogP contribution in [0.3, 0.4) is 0 Å².